The first-order valence-electron chi connectivity index (χ1n) is 7.05. The van der Waals surface area contributed by atoms with Crippen LogP contribution in [0.25, 0.3) is 10.6 Å². The molecule has 0 saturated carbocycles. The van der Waals surface area contributed by atoms with Crippen LogP contribution >= 0.6 is 34.0 Å². The van der Waals surface area contributed by atoms with Gasteiger partial charge in [-0.1, -0.05) is 6.07 Å². The topological polar surface area (TPSA) is 59.5 Å². The van der Waals surface area contributed by atoms with Crippen molar-refractivity contribution in [1.82, 2.24) is 9.88 Å². The lowest BCUT2D eigenvalue weighted by atomic mass is 10.3. The highest BCUT2D eigenvalue weighted by Gasteiger charge is 2.17. The van der Waals surface area contributed by atoms with E-state index >= 15 is 0 Å². The highest BCUT2D eigenvalue weighted by Crippen LogP contribution is 2.25. The normalized spacial score (nSPS) is 10.5. The van der Waals surface area contributed by atoms with Gasteiger partial charge < -0.3 is 9.64 Å². The molecule has 0 fully saturated rings. The van der Waals surface area contributed by atoms with E-state index in [4.69, 9.17) is 4.74 Å². The van der Waals surface area contributed by atoms with Crippen LogP contribution in [0.3, 0.4) is 0 Å². The third-order valence-electron chi connectivity index (χ3n) is 3.21. The van der Waals surface area contributed by atoms with Crippen molar-refractivity contribution in [2.45, 2.75) is 6.54 Å². The number of carbonyl (C=O) groups excluding carboxylic acids is 2. The third kappa shape index (κ3) is 4.08. The lowest BCUT2D eigenvalue weighted by Gasteiger charge is -2.15. The summed E-state index contributed by atoms with van der Waals surface area (Å²) in [6.45, 7) is 0.221. The van der Waals surface area contributed by atoms with E-state index in [0.29, 0.717) is 6.54 Å². The third-order valence-corrected chi connectivity index (χ3v) is 5.64. The molecule has 24 heavy (non-hydrogen) atoms. The molecule has 0 saturated heterocycles. The first-order valence-corrected chi connectivity index (χ1v) is 9.75. The summed E-state index contributed by atoms with van der Waals surface area (Å²) in [6, 6.07) is 5.84. The second-order valence-corrected chi connectivity index (χ2v) is 7.63. The lowest BCUT2D eigenvalue weighted by molar-refractivity contribution is -0.133. The largest absolute Gasteiger partial charge is 0.451 e. The number of ether oxygens (including phenoxy) is 1. The molecule has 5 nitrogen and oxygen atoms in total. The van der Waals surface area contributed by atoms with E-state index < -0.39 is 5.97 Å². The van der Waals surface area contributed by atoms with Gasteiger partial charge in [0.1, 0.15) is 5.01 Å². The van der Waals surface area contributed by atoms with E-state index in [9.17, 15) is 9.59 Å². The average molecular weight is 378 g/mol. The first kappa shape index (κ1) is 16.8. The van der Waals surface area contributed by atoms with Gasteiger partial charge in [0.25, 0.3) is 5.91 Å². The Hall–Kier alpha value is -2.03. The second-order valence-electron chi connectivity index (χ2n) is 4.96. The molecule has 8 heteroatoms. The highest BCUT2D eigenvalue weighted by molar-refractivity contribution is 7.14. The van der Waals surface area contributed by atoms with Gasteiger partial charge in [0, 0.05) is 28.2 Å². The molecule has 0 spiro atoms. The summed E-state index contributed by atoms with van der Waals surface area (Å²) >= 11 is 4.53. The molecular formula is C16H14N2O3S3. The molecule has 1 amide bonds. The Balaban J connectivity index is 1.52. The molecule has 3 rings (SSSR count). The number of hydrogen-bond donors (Lipinski definition) is 0. The minimum Gasteiger partial charge on any atom is -0.451 e. The number of rotatable bonds is 6. The zero-order chi connectivity index (χ0) is 16.9. The van der Waals surface area contributed by atoms with Gasteiger partial charge in [-0.2, -0.15) is 11.3 Å². The first-order chi connectivity index (χ1) is 11.6. The van der Waals surface area contributed by atoms with Crippen molar-refractivity contribution in [3.05, 3.63) is 50.3 Å². The molecular weight excluding hydrogens is 364 g/mol. The van der Waals surface area contributed by atoms with Crippen LogP contribution in [0.2, 0.25) is 0 Å². The van der Waals surface area contributed by atoms with Crippen LogP contribution in [0.5, 0.6) is 0 Å². The number of thiophene rings is 2. The van der Waals surface area contributed by atoms with Gasteiger partial charge in [-0.25, -0.2) is 9.78 Å². The van der Waals surface area contributed by atoms with E-state index in [-0.39, 0.29) is 18.2 Å². The molecule has 0 radical (unpaired) electrons. The monoisotopic (exact) mass is 378 g/mol. The number of carbonyl (C=O) groups is 2. The molecule has 3 heterocycles. The fourth-order valence-electron chi connectivity index (χ4n) is 1.92. The minimum atomic E-state index is -0.578. The highest BCUT2D eigenvalue weighted by atomic mass is 32.1. The smallest absolute Gasteiger partial charge is 0.358 e. The number of hydrogen-bond acceptors (Lipinski definition) is 7. The summed E-state index contributed by atoms with van der Waals surface area (Å²) in [5.41, 5.74) is 1.21. The zero-order valence-electron chi connectivity index (χ0n) is 12.8. The van der Waals surface area contributed by atoms with Gasteiger partial charge in [-0.15, -0.1) is 22.7 Å². The Bertz CT molecular complexity index is 810. The van der Waals surface area contributed by atoms with E-state index in [1.165, 1.54) is 16.2 Å². The molecule has 0 aliphatic heterocycles. The number of likely N-dealkylation sites (N-methyl/N-ethyl adjacent to an activating group) is 1. The van der Waals surface area contributed by atoms with Gasteiger partial charge in [0.15, 0.2) is 12.3 Å². The summed E-state index contributed by atoms with van der Waals surface area (Å²) < 4.78 is 5.08. The van der Waals surface area contributed by atoms with Gasteiger partial charge in [0.2, 0.25) is 0 Å². The molecule has 124 valence electrons. The van der Waals surface area contributed by atoms with Crippen molar-refractivity contribution < 1.29 is 14.3 Å². The van der Waals surface area contributed by atoms with E-state index in [2.05, 4.69) is 4.98 Å². The number of thiazole rings is 1. The Labute approximate surface area is 151 Å². The number of esters is 1. The Kier molecular flexibility index (Phi) is 5.39. The lowest BCUT2D eigenvalue weighted by Crippen LogP contribution is -2.30. The summed E-state index contributed by atoms with van der Waals surface area (Å²) in [7, 11) is 1.69. The van der Waals surface area contributed by atoms with Crippen LogP contribution in [0, 0.1) is 0 Å². The molecule has 0 N–H and O–H groups in total. The Morgan fingerprint density at radius 2 is 2.08 bits per heavy atom. The second kappa shape index (κ2) is 7.69. The average Bonchev–Trinajstić information content (AvgIpc) is 3.32. The van der Waals surface area contributed by atoms with Crippen molar-refractivity contribution in [2.75, 3.05) is 13.7 Å². The zero-order valence-corrected chi connectivity index (χ0v) is 15.2. The fraction of sp³-hybridized carbons (Fsp3) is 0.188. The van der Waals surface area contributed by atoms with Gasteiger partial charge in [-0.05, 0) is 22.9 Å². The molecule has 0 aliphatic rings. The van der Waals surface area contributed by atoms with Gasteiger partial charge in [-0.3, -0.25) is 4.79 Å². The van der Waals surface area contributed by atoms with Crippen LogP contribution < -0.4 is 0 Å². The summed E-state index contributed by atoms with van der Waals surface area (Å²) in [5.74, 6) is -0.823. The van der Waals surface area contributed by atoms with Crippen LogP contribution in [0.4, 0.5) is 0 Å². The van der Waals surface area contributed by atoms with Crippen molar-refractivity contribution in [1.29, 1.82) is 0 Å². The summed E-state index contributed by atoms with van der Waals surface area (Å²) in [4.78, 5) is 30.9. The molecule has 0 aromatic carbocycles. The van der Waals surface area contributed by atoms with Crippen LogP contribution in [-0.2, 0) is 16.1 Å². The van der Waals surface area contributed by atoms with E-state index in [1.807, 2.05) is 34.3 Å². The Morgan fingerprint density at radius 1 is 1.21 bits per heavy atom. The predicted molar refractivity (Wildman–Crippen MR) is 96.5 cm³/mol. The molecule has 3 aromatic heterocycles. The van der Waals surface area contributed by atoms with Crippen LogP contribution in [0.15, 0.2) is 39.7 Å². The minimum absolute atomic E-state index is 0.231. The van der Waals surface area contributed by atoms with Crippen LogP contribution in [-0.4, -0.2) is 35.4 Å². The Morgan fingerprint density at radius 3 is 2.79 bits per heavy atom. The standard InChI is InChI=1S/C16H14N2O3S3/c1-18(7-12-3-2-5-23-12)14(19)8-21-16(20)13-10-24-15(17-13)11-4-6-22-9-11/h2-6,9-10H,7-8H2,1H3. The summed E-state index contributed by atoms with van der Waals surface area (Å²) in [5, 5.41) is 8.30. The van der Waals surface area contributed by atoms with E-state index in [0.717, 1.165) is 15.4 Å². The van der Waals surface area contributed by atoms with Crippen molar-refractivity contribution in [2.24, 2.45) is 0 Å². The van der Waals surface area contributed by atoms with Crippen molar-refractivity contribution in [3.8, 4) is 10.6 Å². The number of aromatic nitrogens is 1. The number of amides is 1. The molecule has 0 unspecified atom stereocenters. The van der Waals surface area contributed by atoms with Crippen molar-refractivity contribution in [3.63, 3.8) is 0 Å². The maximum atomic E-state index is 12.0. The predicted octanol–water partition coefficient (Wildman–Crippen LogP) is 3.75. The van der Waals surface area contributed by atoms with Gasteiger partial charge >= 0.3 is 5.97 Å². The molecule has 3 aromatic rings. The maximum Gasteiger partial charge on any atom is 0.358 e. The van der Waals surface area contributed by atoms with E-state index in [1.54, 1.807) is 35.1 Å². The van der Waals surface area contributed by atoms with Crippen LogP contribution in [0.1, 0.15) is 15.4 Å². The maximum absolute atomic E-state index is 12.0. The SMILES string of the molecule is CN(Cc1cccs1)C(=O)COC(=O)c1csc(-c2ccsc2)n1. The molecule has 0 aliphatic carbocycles. The fourth-order valence-corrected chi connectivity index (χ4v) is 4.18. The quantitative estimate of drug-likeness (QED) is 0.613. The van der Waals surface area contributed by atoms with Crippen molar-refractivity contribution >= 4 is 45.9 Å². The molecule has 0 bridgehead atoms. The summed E-state index contributed by atoms with van der Waals surface area (Å²) in [6.07, 6.45) is 0. The van der Waals surface area contributed by atoms with Gasteiger partial charge in [0.05, 0.1) is 6.54 Å². The number of nitrogens with zero attached hydrogens (tertiary/aromatic N) is 2. The molecule has 0 atom stereocenters.